The van der Waals surface area contributed by atoms with Gasteiger partial charge in [-0.2, -0.15) is 16.4 Å². The highest BCUT2D eigenvalue weighted by molar-refractivity contribution is 7.08. The van der Waals surface area contributed by atoms with Crippen LogP contribution >= 0.6 is 11.3 Å². The van der Waals surface area contributed by atoms with E-state index in [4.69, 9.17) is 0 Å². The summed E-state index contributed by atoms with van der Waals surface area (Å²) in [5.74, 6) is -2.20. The van der Waals surface area contributed by atoms with Crippen LogP contribution in [0.3, 0.4) is 0 Å². The van der Waals surface area contributed by atoms with Gasteiger partial charge in [0.1, 0.15) is 17.3 Å². The summed E-state index contributed by atoms with van der Waals surface area (Å²) in [4.78, 5) is 12.2. The maximum absolute atomic E-state index is 13.2. The number of anilines is 1. The van der Waals surface area contributed by atoms with E-state index in [2.05, 4.69) is 15.5 Å². The van der Waals surface area contributed by atoms with Gasteiger partial charge in [0.25, 0.3) is 5.91 Å². The van der Waals surface area contributed by atoms with E-state index in [1.54, 1.807) is 6.92 Å². The lowest BCUT2D eigenvalue weighted by molar-refractivity contribution is 0.102. The normalized spacial score (nSPS) is 10.7. The fourth-order valence-corrected chi connectivity index (χ4v) is 2.70. The number of hydrogen-bond acceptors (Lipinski definition) is 3. The topological polar surface area (TPSA) is 57.8 Å². The SMILES string of the molecule is Cc1[nH]nc(-c2ccsc2)c1NC(=O)c1cc(F)cc(F)c1. The molecule has 4 nitrogen and oxygen atoms in total. The molecule has 0 bridgehead atoms. The van der Waals surface area contributed by atoms with Gasteiger partial charge < -0.3 is 5.32 Å². The van der Waals surface area contributed by atoms with E-state index in [0.29, 0.717) is 17.1 Å². The van der Waals surface area contributed by atoms with E-state index in [-0.39, 0.29) is 5.56 Å². The van der Waals surface area contributed by atoms with Gasteiger partial charge in [-0.3, -0.25) is 9.89 Å². The number of carbonyl (C=O) groups is 1. The molecule has 0 radical (unpaired) electrons. The van der Waals surface area contributed by atoms with E-state index in [9.17, 15) is 13.6 Å². The minimum Gasteiger partial charge on any atom is -0.319 e. The summed E-state index contributed by atoms with van der Waals surface area (Å²) in [5, 5.41) is 13.4. The third-order valence-electron chi connectivity index (χ3n) is 3.11. The van der Waals surface area contributed by atoms with Crippen molar-refractivity contribution >= 4 is 22.9 Å². The maximum Gasteiger partial charge on any atom is 0.255 e. The van der Waals surface area contributed by atoms with Crippen molar-refractivity contribution in [2.45, 2.75) is 6.92 Å². The Labute approximate surface area is 128 Å². The molecular weight excluding hydrogens is 308 g/mol. The predicted molar refractivity (Wildman–Crippen MR) is 80.9 cm³/mol. The molecule has 0 atom stereocenters. The van der Waals surface area contributed by atoms with Gasteiger partial charge in [-0.15, -0.1) is 0 Å². The number of hydrogen-bond donors (Lipinski definition) is 2. The van der Waals surface area contributed by atoms with Gasteiger partial charge in [0.15, 0.2) is 0 Å². The minimum absolute atomic E-state index is 0.0885. The van der Waals surface area contributed by atoms with Gasteiger partial charge in [0, 0.05) is 22.6 Å². The van der Waals surface area contributed by atoms with Crippen LogP contribution in [0.15, 0.2) is 35.0 Å². The summed E-state index contributed by atoms with van der Waals surface area (Å²) < 4.78 is 26.4. The van der Waals surface area contributed by atoms with Crippen LogP contribution in [0.2, 0.25) is 0 Å². The van der Waals surface area contributed by atoms with Crippen LogP contribution in [-0.4, -0.2) is 16.1 Å². The van der Waals surface area contributed by atoms with E-state index < -0.39 is 17.5 Å². The molecule has 0 aliphatic heterocycles. The molecule has 22 heavy (non-hydrogen) atoms. The molecule has 0 fully saturated rings. The molecule has 0 saturated carbocycles. The van der Waals surface area contributed by atoms with Crippen LogP contribution in [0.1, 0.15) is 16.1 Å². The van der Waals surface area contributed by atoms with Crippen LogP contribution in [0.4, 0.5) is 14.5 Å². The first-order valence-corrected chi connectivity index (χ1v) is 7.34. The number of aromatic nitrogens is 2. The van der Waals surface area contributed by atoms with Gasteiger partial charge in [-0.1, -0.05) is 0 Å². The Morgan fingerprint density at radius 1 is 1.27 bits per heavy atom. The average Bonchev–Trinajstić information content (AvgIpc) is 3.08. The zero-order valence-corrected chi connectivity index (χ0v) is 12.3. The lowest BCUT2D eigenvalue weighted by Gasteiger charge is -2.06. The van der Waals surface area contributed by atoms with Crippen molar-refractivity contribution in [1.29, 1.82) is 0 Å². The molecule has 0 unspecified atom stereocenters. The highest BCUT2D eigenvalue weighted by Gasteiger charge is 2.17. The van der Waals surface area contributed by atoms with Gasteiger partial charge in [0.05, 0.1) is 11.4 Å². The summed E-state index contributed by atoms with van der Waals surface area (Å²) >= 11 is 1.51. The smallest absolute Gasteiger partial charge is 0.255 e. The number of carbonyl (C=O) groups excluding carboxylic acids is 1. The number of halogens is 2. The van der Waals surface area contributed by atoms with Crippen LogP contribution < -0.4 is 5.32 Å². The molecule has 1 aromatic carbocycles. The van der Waals surface area contributed by atoms with E-state index in [0.717, 1.165) is 23.8 Å². The highest BCUT2D eigenvalue weighted by Crippen LogP contribution is 2.30. The molecule has 2 heterocycles. The molecule has 3 aromatic rings. The Kier molecular flexibility index (Phi) is 3.72. The summed E-state index contributed by atoms with van der Waals surface area (Å²) in [6, 6.07) is 4.56. The Balaban J connectivity index is 1.93. The number of H-pyrrole nitrogens is 1. The zero-order chi connectivity index (χ0) is 15.7. The number of amides is 1. The lowest BCUT2D eigenvalue weighted by atomic mass is 10.1. The average molecular weight is 319 g/mol. The summed E-state index contributed by atoms with van der Waals surface area (Å²) in [6.45, 7) is 1.75. The number of nitrogens with zero attached hydrogens (tertiary/aromatic N) is 1. The van der Waals surface area contributed by atoms with Gasteiger partial charge >= 0.3 is 0 Å². The first-order valence-electron chi connectivity index (χ1n) is 6.39. The van der Waals surface area contributed by atoms with Crippen molar-refractivity contribution in [2.24, 2.45) is 0 Å². The van der Waals surface area contributed by atoms with Crippen molar-refractivity contribution in [3.63, 3.8) is 0 Å². The van der Waals surface area contributed by atoms with Crippen molar-refractivity contribution in [2.75, 3.05) is 5.32 Å². The molecule has 0 saturated heterocycles. The van der Waals surface area contributed by atoms with Crippen LogP contribution in [0.25, 0.3) is 11.3 Å². The second kappa shape index (κ2) is 5.69. The minimum atomic E-state index is -0.799. The number of rotatable bonds is 3. The van der Waals surface area contributed by atoms with Gasteiger partial charge in [0.2, 0.25) is 0 Å². The maximum atomic E-state index is 13.2. The molecule has 0 aliphatic carbocycles. The van der Waals surface area contributed by atoms with Crippen LogP contribution in [0, 0.1) is 18.6 Å². The number of aryl methyl sites for hydroxylation is 1. The second-order valence-corrected chi connectivity index (χ2v) is 5.48. The van der Waals surface area contributed by atoms with E-state index in [1.165, 1.54) is 11.3 Å². The number of benzene rings is 1. The van der Waals surface area contributed by atoms with E-state index in [1.807, 2.05) is 16.8 Å². The largest absolute Gasteiger partial charge is 0.319 e. The summed E-state index contributed by atoms with van der Waals surface area (Å²) in [6.07, 6.45) is 0. The van der Waals surface area contributed by atoms with Gasteiger partial charge in [-0.25, -0.2) is 8.78 Å². The Morgan fingerprint density at radius 3 is 2.64 bits per heavy atom. The molecule has 112 valence electrons. The van der Waals surface area contributed by atoms with Crippen molar-refractivity contribution in [3.05, 3.63) is 57.9 Å². The molecule has 1 amide bonds. The van der Waals surface area contributed by atoms with Crippen molar-refractivity contribution in [1.82, 2.24) is 10.2 Å². The molecule has 2 N–H and O–H groups in total. The molecule has 3 rings (SSSR count). The highest BCUT2D eigenvalue weighted by atomic mass is 32.1. The Bertz CT molecular complexity index is 807. The van der Waals surface area contributed by atoms with Gasteiger partial charge in [-0.05, 0) is 30.5 Å². The van der Waals surface area contributed by atoms with Crippen molar-refractivity contribution < 1.29 is 13.6 Å². The molecular formula is C15H11F2N3OS. The molecule has 2 aromatic heterocycles. The quantitative estimate of drug-likeness (QED) is 0.767. The third-order valence-corrected chi connectivity index (χ3v) is 3.79. The van der Waals surface area contributed by atoms with Crippen molar-refractivity contribution in [3.8, 4) is 11.3 Å². The Hall–Kier alpha value is -2.54. The first-order chi connectivity index (χ1) is 10.5. The standard InChI is InChI=1S/C15H11F2N3OS/c1-8-13(14(20-19-8)9-2-3-22-7-9)18-15(21)10-4-11(16)6-12(17)5-10/h2-7H,1H3,(H,18,21)(H,19,20). The summed E-state index contributed by atoms with van der Waals surface area (Å²) in [5.41, 5.74) is 2.51. The van der Waals surface area contributed by atoms with Crippen LogP contribution in [-0.2, 0) is 0 Å². The lowest BCUT2D eigenvalue weighted by Crippen LogP contribution is -2.13. The fraction of sp³-hybridized carbons (Fsp3) is 0.0667. The zero-order valence-electron chi connectivity index (χ0n) is 11.5. The number of thiophene rings is 1. The first kappa shape index (κ1) is 14.4. The third kappa shape index (κ3) is 2.75. The number of aromatic amines is 1. The fourth-order valence-electron chi connectivity index (χ4n) is 2.06. The molecule has 0 aliphatic rings. The summed E-state index contributed by atoms with van der Waals surface area (Å²) in [7, 11) is 0. The second-order valence-electron chi connectivity index (χ2n) is 4.70. The monoisotopic (exact) mass is 319 g/mol. The Morgan fingerprint density at radius 2 is 2.00 bits per heavy atom. The van der Waals surface area contributed by atoms with E-state index >= 15 is 0 Å². The van der Waals surface area contributed by atoms with Crippen LogP contribution in [0.5, 0.6) is 0 Å². The predicted octanol–water partition coefficient (Wildman–Crippen LogP) is 3.98. The molecule has 7 heteroatoms. The molecule has 0 spiro atoms. The number of nitrogens with one attached hydrogen (secondary N) is 2.